The summed E-state index contributed by atoms with van der Waals surface area (Å²) in [6.45, 7) is 0.460. The molecule has 0 aliphatic carbocycles. The van der Waals surface area contributed by atoms with Crippen LogP contribution in [0.15, 0.2) is 30.3 Å². The molecule has 34 heavy (non-hydrogen) atoms. The lowest BCUT2D eigenvalue weighted by molar-refractivity contribution is -0.152. The normalized spacial score (nSPS) is 27.6. The number of hydrogen-bond acceptors (Lipinski definition) is 4. The molecule has 178 valence electrons. The minimum Gasteiger partial charge on any atom is -0.481 e. The average molecular weight is 543 g/mol. The van der Waals surface area contributed by atoms with Crippen LogP contribution in [0, 0.1) is 11.8 Å². The molecule has 3 unspecified atom stereocenters. The first-order chi connectivity index (χ1) is 16.1. The van der Waals surface area contributed by atoms with E-state index < -0.39 is 41.2 Å². The summed E-state index contributed by atoms with van der Waals surface area (Å²) in [5.41, 5.74) is -0.460. The summed E-state index contributed by atoms with van der Waals surface area (Å²) >= 11 is 24.9. The predicted octanol–water partition coefficient (Wildman–Crippen LogP) is 4.91. The highest BCUT2D eigenvalue weighted by atomic mass is 35.5. The van der Waals surface area contributed by atoms with E-state index in [1.807, 2.05) is 4.90 Å². The summed E-state index contributed by atoms with van der Waals surface area (Å²) in [7, 11) is 1.55. The van der Waals surface area contributed by atoms with Gasteiger partial charge in [0.15, 0.2) is 0 Å². The van der Waals surface area contributed by atoms with Gasteiger partial charge in [-0.25, -0.2) is 0 Å². The molecule has 5 rings (SSSR count). The second kappa shape index (κ2) is 8.28. The molecule has 0 saturated carbocycles. The third kappa shape index (κ3) is 3.25. The largest absolute Gasteiger partial charge is 0.481 e. The quantitative estimate of drug-likeness (QED) is 0.575. The van der Waals surface area contributed by atoms with Crippen LogP contribution >= 0.6 is 46.4 Å². The van der Waals surface area contributed by atoms with Gasteiger partial charge >= 0.3 is 5.97 Å². The molecule has 2 aromatic carbocycles. The van der Waals surface area contributed by atoms with Crippen LogP contribution in [-0.2, 0) is 19.9 Å². The number of nitrogens with one attached hydrogen (secondary N) is 1. The van der Waals surface area contributed by atoms with Gasteiger partial charge in [-0.15, -0.1) is 0 Å². The SMILES string of the molecule is CN(C(=O)C1C2CCCN2[C@]2(C(=O)Nc3c(Cl)cc(Cl)cc32)C1C(=O)O)c1cc(Cl)cc(Cl)c1. The van der Waals surface area contributed by atoms with Crippen LogP contribution in [0.25, 0.3) is 0 Å². The Morgan fingerprint density at radius 3 is 2.38 bits per heavy atom. The van der Waals surface area contributed by atoms with Crippen LogP contribution < -0.4 is 10.2 Å². The van der Waals surface area contributed by atoms with Crippen molar-refractivity contribution >= 4 is 75.6 Å². The minimum atomic E-state index is -1.61. The van der Waals surface area contributed by atoms with E-state index in [0.29, 0.717) is 46.4 Å². The highest BCUT2D eigenvalue weighted by molar-refractivity contribution is 6.38. The maximum absolute atomic E-state index is 13.9. The summed E-state index contributed by atoms with van der Waals surface area (Å²) in [6.07, 6.45) is 1.29. The molecule has 0 bridgehead atoms. The van der Waals surface area contributed by atoms with E-state index in [-0.39, 0.29) is 10.0 Å². The van der Waals surface area contributed by atoms with E-state index in [2.05, 4.69) is 5.32 Å². The third-order valence-electron chi connectivity index (χ3n) is 7.14. The lowest BCUT2D eigenvalue weighted by Gasteiger charge is -2.35. The maximum Gasteiger partial charge on any atom is 0.310 e. The number of benzene rings is 2. The number of aliphatic carboxylic acids is 1. The molecule has 7 nitrogen and oxygen atoms in total. The van der Waals surface area contributed by atoms with Crippen molar-refractivity contribution in [3.63, 3.8) is 0 Å². The van der Waals surface area contributed by atoms with Gasteiger partial charge in [-0.1, -0.05) is 46.4 Å². The van der Waals surface area contributed by atoms with Crippen LogP contribution in [-0.4, -0.2) is 47.4 Å². The Labute approximate surface area is 215 Å². The molecular weight excluding hydrogens is 524 g/mol. The Hall–Kier alpha value is -2.03. The Balaban J connectivity index is 1.67. The van der Waals surface area contributed by atoms with Gasteiger partial charge in [-0.05, 0) is 49.7 Å². The van der Waals surface area contributed by atoms with Crippen molar-refractivity contribution in [2.24, 2.45) is 11.8 Å². The average Bonchev–Trinajstić information content (AvgIpc) is 3.40. The van der Waals surface area contributed by atoms with Gasteiger partial charge in [0, 0.05) is 39.4 Å². The molecule has 2 N–H and O–H groups in total. The van der Waals surface area contributed by atoms with Gasteiger partial charge in [0.05, 0.1) is 16.6 Å². The third-order valence-corrected chi connectivity index (χ3v) is 8.10. The second-order valence-electron chi connectivity index (χ2n) is 8.80. The van der Waals surface area contributed by atoms with Gasteiger partial charge < -0.3 is 15.3 Å². The zero-order valence-corrected chi connectivity index (χ0v) is 20.8. The maximum atomic E-state index is 13.9. The zero-order chi connectivity index (χ0) is 24.5. The van der Waals surface area contributed by atoms with Crippen LogP contribution in [0.4, 0.5) is 11.4 Å². The summed E-state index contributed by atoms with van der Waals surface area (Å²) in [6, 6.07) is 7.30. The highest BCUT2D eigenvalue weighted by Crippen LogP contribution is 2.59. The topological polar surface area (TPSA) is 90.0 Å². The first-order valence-corrected chi connectivity index (χ1v) is 12.1. The molecule has 2 saturated heterocycles. The smallest absolute Gasteiger partial charge is 0.310 e. The number of nitrogens with zero attached hydrogens (tertiary/aromatic N) is 2. The Morgan fingerprint density at radius 1 is 1.09 bits per heavy atom. The van der Waals surface area contributed by atoms with Gasteiger partial charge in [-0.3, -0.25) is 19.3 Å². The molecule has 11 heteroatoms. The minimum absolute atomic E-state index is 0.216. The van der Waals surface area contributed by atoms with Gasteiger partial charge in [0.25, 0.3) is 5.91 Å². The van der Waals surface area contributed by atoms with Crippen LogP contribution in [0.2, 0.25) is 20.1 Å². The number of fused-ring (bicyclic) bond motifs is 4. The monoisotopic (exact) mass is 541 g/mol. The number of halogens is 4. The molecule has 1 spiro atoms. The molecule has 2 aromatic rings. The van der Waals surface area contributed by atoms with E-state index in [1.165, 1.54) is 11.0 Å². The molecule has 2 amide bonds. The number of rotatable bonds is 3. The molecule has 4 atom stereocenters. The van der Waals surface area contributed by atoms with Crippen molar-refractivity contribution in [1.82, 2.24) is 4.90 Å². The first-order valence-electron chi connectivity index (χ1n) is 10.6. The van der Waals surface area contributed by atoms with Crippen molar-refractivity contribution in [1.29, 1.82) is 0 Å². The fraction of sp³-hybridized carbons (Fsp3) is 0.348. The fourth-order valence-electron chi connectivity index (χ4n) is 5.91. The molecule has 2 fully saturated rings. The summed E-state index contributed by atoms with van der Waals surface area (Å²) in [5.74, 6) is -4.57. The molecule has 3 aliphatic heterocycles. The van der Waals surface area contributed by atoms with Crippen molar-refractivity contribution in [2.75, 3.05) is 23.8 Å². The first kappa shape index (κ1) is 23.7. The highest BCUT2D eigenvalue weighted by Gasteiger charge is 2.71. The van der Waals surface area contributed by atoms with Crippen LogP contribution in [0.5, 0.6) is 0 Å². The van der Waals surface area contributed by atoms with Crippen molar-refractivity contribution in [2.45, 2.75) is 24.4 Å². The van der Waals surface area contributed by atoms with E-state index in [4.69, 9.17) is 46.4 Å². The molecule has 3 heterocycles. The number of carbonyl (C=O) groups is 3. The summed E-state index contributed by atoms with van der Waals surface area (Å²) in [5, 5.41) is 14.4. The Bertz CT molecular complexity index is 1230. The molecule has 0 aromatic heterocycles. The molecular formula is C23H19Cl4N3O4. The fourth-order valence-corrected chi connectivity index (χ4v) is 6.97. The van der Waals surface area contributed by atoms with Gasteiger partial charge in [0.1, 0.15) is 11.5 Å². The number of carboxylic acid groups (broad SMARTS) is 1. The standard InChI is InChI=1S/C23H19Cl4N3O4/c1-29(13-6-10(24)5-11(25)7-13)20(31)17-16-3-2-4-30(16)23(18(17)21(32)33)14-8-12(26)9-15(27)19(14)28-22(23)34/h5-9,16-18H,2-4H2,1H3,(H,28,34)(H,32,33)/t16?,17?,18?,23-/m0/s1. The van der Waals surface area contributed by atoms with E-state index in [9.17, 15) is 19.5 Å². The van der Waals surface area contributed by atoms with Crippen molar-refractivity contribution in [3.8, 4) is 0 Å². The number of carbonyl (C=O) groups excluding carboxylic acids is 2. The summed E-state index contributed by atoms with van der Waals surface area (Å²) < 4.78 is 0. The lowest BCUT2D eigenvalue weighted by Crippen LogP contribution is -2.53. The van der Waals surface area contributed by atoms with Crippen molar-refractivity contribution in [3.05, 3.63) is 56.0 Å². The van der Waals surface area contributed by atoms with E-state index in [0.717, 1.165) is 0 Å². The van der Waals surface area contributed by atoms with Gasteiger partial charge in [-0.2, -0.15) is 0 Å². The zero-order valence-electron chi connectivity index (χ0n) is 17.8. The van der Waals surface area contributed by atoms with Crippen molar-refractivity contribution < 1.29 is 19.5 Å². The van der Waals surface area contributed by atoms with E-state index >= 15 is 0 Å². The predicted molar refractivity (Wildman–Crippen MR) is 131 cm³/mol. The Morgan fingerprint density at radius 2 is 1.74 bits per heavy atom. The molecule has 3 aliphatic rings. The van der Waals surface area contributed by atoms with E-state index in [1.54, 1.807) is 31.3 Å². The van der Waals surface area contributed by atoms with Crippen LogP contribution in [0.3, 0.4) is 0 Å². The second-order valence-corrected chi connectivity index (χ2v) is 10.5. The number of hydrogen-bond donors (Lipinski definition) is 2. The van der Waals surface area contributed by atoms with Crippen LogP contribution in [0.1, 0.15) is 18.4 Å². The number of anilines is 2. The lowest BCUT2D eigenvalue weighted by atomic mass is 9.73. The number of carboxylic acids is 1. The summed E-state index contributed by atoms with van der Waals surface area (Å²) in [4.78, 5) is 43.5. The molecule has 0 radical (unpaired) electrons. The number of amides is 2. The Kier molecular flexibility index (Phi) is 5.77. The van der Waals surface area contributed by atoms with Gasteiger partial charge in [0.2, 0.25) is 5.91 Å².